The minimum absolute atomic E-state index is 0.0340. The van der Waals surface area contributed by atoms with Crippen LogP contribution in [0.2, 0.25) is 0 Å². The summed E-state index contributed by atoms with van der Waals surface area (Å²) in [6, 6.07) is 0.0340. The van der Waals surface area contributed by atoms with Gasteiger partial charge in [0.15, 0.2) is 0 Å². The van der Waals surface area contributed by atoms with Crippen LogP contribution in [-0.2, 0) is 9.53 Å². The van der Waals surface area contributed by atoms with Gasteiger partial charge in [-0.2, -0.15) is 0 Å². The number of rotatable bonds is 3. The predicted octanol–water partition coefficient (Wildman–Crippen LogP) is 2.08. The summed E-state index contributed by atoms with van der Waals surface area (Å²) in [4.78, 5) is 25.1. The van der Waals surface area contributed by atoms with Gasteiger partial charge in [-0.05, 0) is 46.1 Å². The fourth-order valence-corrected chi connectivity index (χ4v) is 2.14. The maximum absolute atomic E-state index is 11.7. The standard InChI is InChI=1S/C14H24N2O3/c1-5-12(17)16-9-7-6-8-11(16)10-15-13(18)19-14(2,3)4/h5,11H,1,6-10H2,2-4H3,(H,15,18)/t11-/m0/s1. The van der Waals surface area contributed by atoms with Crippen LogP contribution in [0.3, 0.4) is 0 Å². The van der Waals surface area contributed by atoms with Gasteiger partial charge in [-0.1, -0.05) is 6.58 Å². The second-order valence-electron chi connectivity index (χ2n) is 5.77. The molecule has 2 amide bonds. The lowest BCUT2D eigenvalue weighted by atomic mass is 10.0. The summed E-state index contributed by atoms with van der Waals surface area (Å²) in [7, 11) is 0. The van der Waals surface area contributed by atoms with E-state index in [-0.39, 0.29) is 11.9 Å². The van der Waals surface area contributed by atoms with Gasteiger partial charge in [0.2, 0.25) is 5.91 Å². The van der Waals surface area contributed by atoms with E-state index in [0.717, 1.165) is 25.8 Å². The van der Waals surface area contributed by atoms with Gasteiger partial charge in [-0.15, -0.1) is 0 Å². The number of likely N-dealkylation sites (tertiary alicyclic amines) is 1. The van der Waals surface area contributed by atoms with E-state index in [9.17, 15) is 9.59 Å². The van der Waals surface area contributed by atoms with Gasteiger partial charge in [0, 0.05) is 19.1 Å². The summed E-state index contributed by atoms with van der Waals surface area (Å²) in [5, 5.41) is 2.73. The van der Waals surface area contributed by atoms with Gasteiger partial charge in [0.25, 0.3) is 0 Å². The molecule has 1 N–H and O–H groups in total. The summed E-state index contributed by atoms with van der Waals surface area (Å²) in [5.41, 5.74) is -0.507. The average Bonchev–Trinajstić information content (AvgIpc) is 2.33. The maximum Gasteiger partial charge on any atom is 0.407 e. The highest BCUT2D eigenvalue weighted by Crippen LogP contribution is 2.17. The molecule has 1 heterocycles. The minimum atomic E-state index is -0.507. The third-order valence-corrected chi connectivity index (χ3v) is 2.97. The molecule has 0 radical (unpaired) electrons. The van der Waals surface area contributed by atoms with Gasteiger partial charge in [0.1, 0.15) is 5.60 Å². The number of alkyl carbamates (subject to hydrolysis) is 1. The third-order valence-electron chi connectivity index (χ3n) is 2.97. The number of nitrogens with one attached hydrogen (secondary N) is 1. The van der Waals surface area contributed by atoms with Gasteiger partial charge in [0.05, 0.1) is 0 Å². The second-order valence-corrected chi connectivity index (χ2v) is 5.77. The first-order valence-corrected chi connectivity index (χ1v) is 6.73. The Kier molecular flexibility index (Phi) is 5.39. The maximum atomic E-state index is 11.7. The molecule has 1 aliphatic heterocycles. The first kappa shape index (κ1) is 15.5. The second kappa shape index (κ2) is 6.59. The summed E-state index contributed by atoms with van der Waals surface area (Å²) < 4.78 is 5.18. The molecule has 1 atom stereocenters. The van der Waals surface area contributed by atoms with Crippen molar-refractivity contribution in [2.24, 2.45) is 0 Å². The van der Waals surface area contributed by atoms with Crippen LogP contribution in [0.25, 0.3) is 0 Å². The summed E-state index contributed by atoms with van der Waals surface area (Å²) in [6.45, 7) is 10.1. The Hall–Kier alpha value is -1.52. The van der Waals surface area contributed by atoms with Crippen LogP contribution in [0.5, 0.6) is 0 Å². The van der Waals surface area contributed by atoms with E-state index in [2.05, 4.69) is 11.9 Å². The van der Waals surface area contributed by atoms with Crippen molar-refractivity contribution in [3.8, 4) is 0 Å². The highest BCUT2D eigenvalue weighted by atomic mass is 16.6. The Balaban J connectivity index is 2.47. The lowest BCUT2D eigenvalue weighted by Crippen LogP contribution is -2.49. The van der Waals surface area contributed by atoms with E-state index in [1.165, 1.54) is 6.08 Å². The van der Waals surface area contributed by atoms with E-state index in [1.807, 2.05) is 20.8 Å². The van der Waals surface area contributed by atoms with Gasteiger partial charge >= 0.3 is 6.09 Å². The molecule has 1 aliphatic rings. The molecule has 0 bridgehead atoms. The van der Waals surface area contributed by atoms with Crippen LogP contribution in [-0.4, -0.2) is 41.6 Å². The normalized spacial score (nSPS) is 19.7. The van der Waals surface area contributed by atoms with Crippen molar-refractivity contribution in [1.29, 1.82) is 0 Å². The van der Waals surface area contributed by atoms with Crippen molar-refractivity contribution in [2.75, 3.05) is 13.1 Å². The van der Waals surface area contributed by atoms with Crippen LogP contribution in [0, 0.1) is 0 Å². The average molecular weight is 268 g/mol. The van der Waals surface area contributed by atoms with Crippen molar-refractivity contribution in [3.05, 3.63) is 12.7 Å². The SMILES string of the molecule is C=CC(=O)N1CCCC[C@H]1CNC(=O)OC(C)(C)C. The van der Waals surface area contributed by atoms with Crippen molar-refractivity contribution in [2.45, 2.75) is 51.7 Å². The molecule has 5 heteroatoms. The third kappa shape index (κ3) is 5.32. The van der Waals surface area contributed by atoms with E-state index in [4.69, 9.17) is 4.74 Å². The number of amides is 2. The molecule has 1 fully saturated rings. The van der Waals surface area contributed by atoms with Crippen LogP contribution < -0.4 is 5.32 Å². The van der Waals surface area contributed by atoms with Gasteiger partial charge in [-0.25, -0.2) is 4.79 Å². The quantitative estimate of drug-likeness (QED) is 0.797. The van der Waals surface area contributed by atoms with Crippen molar-refractivity contribution >= 4 is 12.0 Å². The molecular formula is C14H24N2O3. The zero-order valence-corrected chi connectivity index (χ0v) is 12.1. The van der Waals surface area contributed by atoms with Crippen molar-refractivity contribution in [3.63, 3.8) is 0 Å². The van der Waals surface area contributed by atoms with Crippen LogP contribution in [0.15, 0.2) is 12.7 Å². The molecule has 0 spiro atoms. The molecule has 0 aromatic carbocycles. The molecule has 19 heavy (non-hydrogen) atoms. The van der Waals surface area contributed by atoms with E-state index < -0.39 is 11.7 Å². The van der Waals surface area contributed by atoms with E-state index >= 15 is 0 Å². The Morgan fingerprint density at radius 2 is 2.11 bits per heavy atom. The Morgan fingerprint density at radius 3 is 2.68 bits per heavy atom. The number of hydrogen-bond donors (Lipinski definition) is 1. The fraction of sp³-hybridized carbons (Fsp3) is 0.714. The zero-order chi connectivity index (χ0) is 14.5. The van der Waals surface area contributed by atoms with Crippen molar-refractivity contribution in [1.82, 2.24) is 10.2 Å². The summed E-state index contributed by atoms with van der Waals surface area (Å²) in [6.07, 6.45) is 3.86. The van der Waals surface area contributed by atoms with Gasteiger partial charge in [-0.3, -0.25) is 4.79 Å². The number of hydrogen-bond acceptors (Lipinski definition) is 3. The Labute approximate surface area is 115 Å². The molecule has 0 aromatic rings. The highest BCUT2D eigenvalue weighted by Gasteiger charge is 2.26. The first-order valence-electron chi connectivity index (χ1n) is 6.73. The lowest BCUT2D eigenvalue weighted by Gasteiger charge is -2.35. The number of nitrogens with zero attached hydrogens (tertiary/aromatic N) is 1. The zero-order valence-electron chi connectivity index (χ0n) is 12.1. The minimum Gasteiger partial charge on any atom is -0.444 e. The Bertz CT molecular complexity index is 347. The number of carbonyl (C=O) groups is 2. The molecule has 1 rings (SSSR count). The molecule has 0 aliphatic carbocycles. The van der Waals surface area contributed by atoms with Crippen LogP contribution >= 0.6 is 0 Å². The molecule has 1 saturated heterocycles. The van der Waals surface area contributed by atoms with Crippen LogP contribution in [0.1, 0.15) is 40.0 Å². The molecule has 0 unspecified atom stereocenters. The van der Waals surface area contributed by atoms with E-state index in [0.29, 0.717) is 6.54 Å². The van der Waals surface area contributed by atoms with Crippen molar-refractivity contribution < 1.29 is 14.3 Å². The number of carbonyl (C=O) groups excluding carboxylic acids is 2. The molecule has 0 aromatic heterocycles. The number of ether oxygens (including phenoxy) is 1. The molecular weight excluding hydrogens is 244 g/mol. The summed E-state index contributed by atoms with van der Waals surface area (Å²) in [5.74, 6) is -0.0734. The monoisotopic (exact) mass is 268 g/mol. The van der Waals surface area contributed by atoms with E-state index in [1.54, 1.807) is 4.90 Å². The first-order chi connectivity index (χ1) is 8.83. The van der Waals surface area contributed by atoms with Gasteiger partial charge < -0.3 is 15.0 Å². The molecule has 108 valence electrons. The van der Waals surface area contributed by atoms with Crippen LogP contribution in [0.4, 0.5) is 4.79 Å². The largest absolute Gasteiger partial charge is 0.444 e. The topological polar surface area (TPSA) is 58.6 Å². The predicted molar refractivity (Wildman–Crippen MR) is 73.8 cm³/mol. The molecule has 5 nitrogen and oxygen atoms in total. The summed E-state index contributed by atoms with van der Waals surface area (Å²) >= 11 is 0. The molecule has 0 saturated carbocycles. The number of piperidine rings is 1. The smallest absolute Gasteiger partial charge is 0.407 e. The Morgan fingerprint density at radius 1 is 1.42 bits per heavy atom. The highest BCUT2D eigenvalue weighted by molar-refractivity contribution is 5.87. The fourth-order valence-electron chi connectivity index (χ4n) is 2.14. The lowest BCUT2D eigenvalue weighted by molar-refractivity contribution is -0.129.